The predicted molar refractivity (Wildman–Crippen MR) is 155 cm³/mol. The molecule has 0 radical (unpaired) electrons. The Kier molecular flexibility index (Phi) is 6.33. The highest BCUT2D eigenvalue weighted by Gasteiger charge is 2.17. The van der Waals surface area contributed by atoms with Crippen molar-refractivity contribution in [2.24, 2.45) is 0 Å². The molecule has 0 unspecified atom stereocenters. The van der Waals surface area contributed by atoms with E-state index in [1.807, 2.05) is 54.7 Å². The summed E-state index contributed by atoms with van der Waals surface area (Å²) in [5.74, 6) is 2.20. The van der Waals surface area contributed by atoms with Gasteiger partial charge in [0.25, 0.3) is 0 Å². The Balaban J connectivity index is 1.20. The number of rotatable bonds is 8. The molecule has 2 N–H and O–H groups in total. The monoisotopic (exact) mass is 531 g/mol. The van der Waals surface area contributed by atoms with E-state index in [1.54, 1.807) is 13.3 Å². The molecule has 6 aromatic rings. The molecule has 1 aliphatic heterocycles. The van der Waals surface area contributed by atoms with Gasteiger partial charge in [-0.3, -0.25) is 15.0 Å². The highest BCUT2D eigenvalue weighted by molar-refractivity contribution is 5.96. The number of H-pyrrole nitrogens is 2. The molecule has 9 heteroatoms. The Morgan fingerprint density at radius 1 is 0.850 bits per heavy atom. The first-order valence-electron chi connectivity index (χ1n) is 13.5. The van der Waals surface area contributed by atoms with Gasteiger partial charge in [-0.25, -0.2) is 9.97 Å². The molecule has 4 aromatic heterocycles. The maximum atomic E-state index is 6.02. The minimum Gasteiger partial charge on any atom is -0.497 e. The summed E-state index contributed by atoms with van der Waals surface area (Å²) < 4.78 is 11.4. The average molecular weight is 532 g/mol. The maximum Gasteiger partial charge on any atom is 0.161 e. The van der Waals surface area contributed by atoms with Crippen LogP contribution in [0.15, 0.2) is 73.1 Å². The molecule has 0 atom stereocenters. The minimum atomic E-state index is 0.646. The summed E-state index contributed by atoms with van der Waals surface area (Å²) >= 11 is 0. The van der Waals surface area contributed by atoms with E-state index in [0.29, 0.717) is 18.1 Å². The first-order chi connectivity index (χ1) is 19.7. The summed E-state index contributed by atoms with van der Waals surface area (Å²) in [7, 11) is 1.67. The molecule has 0 bridgehead atoms. The second kappa shape index (κ2) is 10.4. The van der Waals surface area contributed by atoms with Gasteiger partial charge in [-0.2, -0.15) is 5.10 Å². The quantitative estimate of drug-likeness (QED) is 0.259. The van der Waals surface area contributed by atoms with Crippen molar-refractivity contribution in [2.45, 2.75) is 12.8 Å². The van der Waals surface area contributed by atoms with Gasteiger partial charge in [0, 0.05) is 23.9 Å². The molecule has 9 nitrogen and oxygen atoms in total. The molecular formula is C31H29N7O2. The summed E-state index contributed by atoms with van der Waals surface area (Å²) in [5.41, 5.74) is 7.74. The lowest BCUT2D eigenvalue weighted by Crippen LogP contribution is -2.25. The van der Waals surface area contributed by atoms with Crippen molar-refractivity contribution in [3.05, 3.63) is 73.1 Å². The van der Waals surface area contributed by atoms with E-state index in [4.69, 9.17) is 19.4 Å². The number of nitrogens with zero attached hydrogens (tertiary/aromatic N) is 5. The first-order valence-corrected chi connectivity index (χ1v) is 13.5. The molecule has 0 spiro atoms. The van der Waals surface area contributed by atoms with Gasteiger partial charge in [0.1, 0.15) is 23.6 Å². The standard InChI is InChI=1S/C31H29N7O2/c1-39-22-7-4-6-20(16-22)24-8-5-9-26-28(24)35-31(34-26)30-29-27(36-37-30)11-10-25(33-29)21-17-23(19-32-18-21)40-15-14-38-12-2-3-13-38/h4-11,16-19H,2-3,12-15H2,1H3,(H,34,35)(H,36,37). The lowest BCUT2D eigenvalue weighted by molar-refractivity contribution is 0.237. The predicted octanol–water partition coefficient (Wildman–Crippen LogP) is 5.71. The highest BCUT2D eigenvalue weighted by Crippen LogP contribution is 2.33. The number of para-hydroxylation sites is 1. The number of pyridine rings is 2. The molecule has 0 amide bonds. The van der Waals surface area contributed by atoms with Crippen molar-refractivity contribution in [1.29, 1.82) is 0 Å². The fourth-order valence-electron chi connectivity index (χ4n) is 5.33. The number of imidazole rings is 1. The molecule has 40 heavy (non-hydrogen) atoms. The van der Waals surface area contributed by atoms with E-state index in [2.05, 4.69) is 37.2 Å². The van der Waals surface area contributed by atoms with Gasteiger partial charge in [0.15, 0.2) is 11.5 Å². The highest BCUT2D eigenvalue weighted by atomic mass is 16.5. The van der Waals surface area contributed by atoms with Crippen molar-refractivity contribution in [2.75, 3.05) is 33.4 Å². The van der Waals surface area contributed by atoms with Crippen molar-refractivity contribution in [3.63, 3.8) is 0 Å². The molecule has 1 saturated heterocycles. The van der Waals surface area contributed by atoms with Gasteiger partial charge in [-0.1, -0.05) is 24.3 Å². The lowest BCUT2D eigenvalue weighted by Gasteiger charge is -2.15. The Hall–Kier alpha value is -4.76. The molecule has 1 aliphatic rings. The normalized spacial score (nSPS) is 13.8. The third kappa shape index (κ3) is 4.65. The lowest BCUT2D eigenvalue weighted by atomic mass is 10.0. The summed E-state index contributed by atoms with van der Waals surface area (Å²) in [6.07, 6.45) is 6.11. The Morgan fingerprint density at radius 2 is 1.73 bits per heavy atom. The van der Waals surface area contributed by atoms with Crippen molar-refractivity contribution >= 4 is 22.1 Å². The molecule has 2 aromatic carbocycles. The van der Waals surface area contributed by atoms with E-state index < -0.39 is 0 Å². The van der Waals surface area contributed by atoms with Crippen LogP contribution < -0.4 is 9.47 Å². The van der Waals surface area contributed by atoms with Crippen LogP contribution in [-0.2, 0) is 0 Å². The van der Waals surface area contributed by atoms with Crippen LogP contribution in [0.1, 0.15) is 12.8 Å². The molecule has 1 fully saturated rings. The third-order valence-corrected chi connectivity index (χ3v) is 7.41. The smallest absolute Gasteiger partial charge is 0.161 e. The summed E-state index contributed by atoms with van der Waals surface area (Å²) in [4.78, 5) is 20.2. The van der Waals surface area contributed by atoms with Gasteiger partial charge in [-0.15, -0.1) is 0 Å². The summed E-state index contributed by atoms with van der Waals surface area (Å²) in [5, 5.41) is 7.68. The summed E-state index contributed by atoms with van der Waals surface area (Å²) in [6, 6.07) is 20.0. The topological polar surface area (TPSA) is 105 Å². The van der Waals surface area contributed by atoms with E-state index in [-0.39, 0.29) is 0 Å². The second-order valence-electron chi connectivity index (χ2n) is 9.99. The summed E-state index contributed by atoms with van der Waals surface area (Å²) in [6.45, 7) is 3.90. The SMILES string of the molecule is COc1cccc(-c2cccc3[nH]c(-c4n[nH]c5ccc(-c6cncc(OCCN7CCCC7)c6)nc45)nc23)c1. The molecule has 7 rings (SSSR count). The van der Waals surface area contributed by atoms with Gasteiger partial charge in [-0.05, 0) is 67.9 Å². The average Bonchev–Trinajstić information content (AvgIpc) is 3.76. The van der Waals surface area contributed by atoms with Crippen LogP contribution in [0.25, 0.3) is 56.0 Å². The first kappa shape index (κ1) is 24.3. The van der Waals surface area contributed by atoms with Crippen LogP contribution >= 0.6 is 0 Å². The number of benzene rings is 2. The van der Waals surface area contributed by atoms with E-state index in [9.17, 15) is 0 Å². The fraction of sp³-hybridized carbons (Fsp3) is 0.226. The molecule has 5 heterocycles. The number of fused-ring (bicyclic) bond motifs is 2. The van der Waals surface area contributed by atoms with Gasteiger partial charge in [0.2, 0.25) is 0 Å². The largest absolute Gasteiger partial charge is 0.497 e. The van der Waals surface area contributed by atoms with Crippen molar-refractivity contribution < 1.29 is 9.47 Å². The van der Waals surface area contributed by atoms with Crippen LogP contribution in [0.2, 0.25) is 0 Å². The molecule has 0 aliphatic carbocycles. The van der Waals surface area contributed by atoms with Crippen LogP contribution in [0.3, 0.4) is 0 Å². The zero-order valence-corrected chi connectivity index (χ0v) is 22.2. The number of likely N-dealkylation sites (tertiary alicyclic amines) is 1. The molecule has 200 valence electrons. The van der Waals surface area contributed by atoms with E-state index in [0.717, 1.165) is 75.6 Å². The number of aromatic amines is 2. The van der Waals surface area contributed by atoms with Gasteiger partial charge in [0.05, 0.1) is 35.6 Å². The third-order valence-electron chi connectivity index (χ3n) is 7.41. The van der Waals surface area contributed by atoms with Crippen LogP contribution in [0.5, 0.6) is 11.5 Å². The van der Waals surface area contributed by atoms with Crippen LogP contribution in [0.4, 0.5) is 0 Å². The van der Waals surface area contributed by atoms with Gasteiger partial charge < -0.3 is 14.5 Å². The number of nitrogens with one attached hydrogen (secondary N) is 2. The number of hydrogen-bond acceptors (Lipinski definition) is 7. The maximum absolute atomic E-state index is 6.02. The van der Waals surface area contributed by atoms with Gasteiger partial charge >= 0.3 is 0 Å². The molecular weight excluding hydrogens is 502 g/mol. The Labute approximate surface area is 231 Å². The Bertz CT molecular complexity index is 1800. The number of hydrogen-bond donors (Lipinski definition) is 2. The minimum absolute atomic E-state index is 0.646. The van der Waals surface area contributed by atoms with E-state index in [1.165, 1.54) is 12.8 Å². The zero-order valence-electron chi connectivity index (χ0n) is 22.2. The molecule has 0 saturated carbocycles. The van der Waals surface area contributed by atoms with E-state index >= 15 is 0 Å². The second-order valence-corrected chi connectivity index (χ2v) is 9.99. The number of aromatic nitrogens is 6. The zero-order chi connectivity index (χ0) is 26.9. The van der Waals surface area contributed by atoms with Crippen LogP contribution in [0, 0.1) is 0 Å². The Morgan fingerprint density at radius 3 is 2.62 bits per heavy atom. The number of methoxy groups -OCH3 is 1. The van der Waals surface area contributed by atoms with Crippen LogP contribution in [-0.4, -0.2) is 68.4 Å². The van der Waals surface area contributed by atoms with Crippen molar-refractivity contribution in [1.82, 2.24) is 35.0 Å². The fourth-order valence-corrected chi connectivity index (χ4v) is 5.33. The number of ether oxygens (including phenoxy) is 2. The van der Waals surface area contributed by atoms with Crippen molar-refractivity contribution in [3.8, 4) is 45.4 Å².